The fourth-order valence-electron chi connectivity index (χ4n) is 0.187. The van der Waals surface area contributed by atoms with Crippen LogP contribution in [0.4, 0.5) is 0 Å². The van der Waals surface area contributed by atoms with E-state index in [9.17, 15) is 4.79 Å². The third kappa shape index (κ3) is 4.15. The number of methoxy groups -OCH3 is 1. The molecule has 0 N–H and O–H groups in total. The fourth-order valence-corrected chi connectivity index (χ4v) is 0.828. The van der Waals surface area contributed by atoms with E-state index in [1.54, 1.807) is 0 Å². The van der Waals surface area contributed by atoms with Crippen LogP contribution in [-0.2, 0) is 9.53 Å². The lowest BCUT2D eigenvalue weighted by molar-refractivity contribution is -0.137. The Bertz CT molecular complexity index is 113. The van der Waals surface area contributed by atoms with Gasteiger partial charge in [0.2, 0.25) is 0 Å². The van der Waals surface area contributed by atoms with E-state index in [1.165, 1.54) is 7.11 Å². The minimum absolute atomic E-state index is 0.206. The van der Waals surface area contributed by atoms with Crippen molar-refractivity contribution in [2.24, 2.45) is 0 Å². The first kappa shape index (κ1) is 7.98. The van der Waals surface area contributed by atoms with Crippen molar-refractivity contribution < 1.29 is 9.53 Å². The molecular weight excluding hydrogens is 148 g/mol. The number of halogens is 1. The average molecular weight is 155 g/mol. The third-order valence-electron chi connectivity index (χ3n) is 0.502. The van der Waals surface area contributed by atoms with Gasteiger partial charge < -0.3 is 4.74 Å². The van der Waals surface area contributed by atoms with Crippen LogP contribution >= 0.6 is 20.4 Å². The van der Waals surface area contributed by atoms with E-state index in [4.69, 9.17) is 10.7 Å². The van der Waals surface area contributed by atoms with E-state index >= 15 is 0 Å². The van der Waals surface area contributed by atoms with Crippen molar-refractivity contribution in [2.75, 3.05) is 12.9 Å². The van der Waals surface area contributed by atoms with Gasteiger partial charge in [0.25, 0.3) is 0 Å². The van der Waals surface area contributed by atoms with E-state index < -0.39 is 9.70 Å². The third-order valence-corrected chi connectivity index (χ3v) is 1.38. The predicted octanol–water partition coefficient (Wildman–Crippen LogP) is 1.01. The predicted molar refractivity (Wildman–Crippen MR) is 37.4 cm³/mol. The van der Waals surface area contributed by atoms with Gasteiger partial charge >= 0.3 is 5.97 Å². The standard InChI is InChI=1S/C4H7ClO2S/c1-7-4(6)3-8(2)5/h2-3H2,1H3. The molecule has 0 amide bonds. The van der Waals surface area contributed by atoms with Crippen LogP contribution < -0.4 is 0 Å². The van der Waals surface area contributed by atoms with Crippen molar-refractivity contribution in [3.8, 4) is 0 Å². The smallest absolute Gasteiger partial charge is 0.316 e. The zero-order chi connectivity index (χ0) is 6.57. The fraction of sp³-hybridized carbons (Fsp3) is 0.500. The molecule has 0 radical (unpaired) electrons. The summed E-state index contributed by atoms with van der Waals surface area (Å²) in [6.07, 6.45) is 0. The van der Waals surface area contributed by atoms with Crippen molar-refractivity contribution >= 4 is 32.2 Å². The zero-order valence-corrected chi connectivity index (χ0v) is 6.09. The minimum Gasteiger partial charge on any atom is -0.468 e. The Kier molecular flexibility index (Phi) is 3.91. The highest BCUT2D eigenvalue weighted by molar-refractivity contribution is 8.33. The summed E-state index contributed by atoms with van der Waals surface area (Å²) in [5.41, 5.74) is 0. The monoisotopic (exact) mass is 154 g/mol. The van der Waals surface area contributed by atoms with Gasteiger partial charge in [-0.1, -0.05) is 26.3 Å². The molecular formula is C4H7ClO2S. The molecule has 0 saturated carbocycles. The number of hydrogen-bond acceptors (Lipinski definition) is 2. The molecule has 0 bridgehead atoms. The minimum atomic E-state index is -0.598. The van der Waals surface area contributed by atoms with E-state index in [0.717, 1.165) is 0 Å². The first-order valence-corrected chi connectivity index (χ1v) is 4.29. The number of hydrogen-bond donors (Lipinski definition) is 0. The normalized spacial score (nSPS) is 12.8. The lowest BCUT2D eigenvalue weighted by Crippen LogP contribution is -2.02. The van der Waals surface area contributed by atoms with Crippen molar-refractivity contribution in [1.82, 2.24) is 0 Å². The van der Waals surface area contributed by atoms with Gasteiger partial charge in [0.15, 0.2) is 0 Å². The second-order valence-corrected chi connectivity index (χ2v) is 3.59. The van der Waals surface area contributed by atoms with Gasteiger partial charge in [-0.25, -0.2) is 0 Å². The Morgan fingerprint density at radius 3 is 2.62 bits per heavy atom. The first-order chi connectivity index (χ1) is 3.66. The van der Waals surface area contributed by atoms with Gasteiger partial charge in [-0.3, -0.25) is 4.79 Å². The molecule has 48 valence electrons. The van der Waals surface area contributed by atoms with Gasteiger partial charge in [0, 0.05) is 0 Å². The van der Waals surface area contributed by atoms with E-state index in [0.29, 0.717) is 0 Å². The summed E-state index contributed by atoms with van der Waals surface area (Å²) in [6.45, 7) is 0. The van der Waals surface area contributed by atoms with E-state index in [2.05, 4.69) is 10.6 Å². The van der Waals surface area contributed by atoms with Crippen LogP contribution in [0.3, 0.4) is 0 Å². The molecule has 0 aliphatic carbocycles. The molecule has 0 aromatic rings. The molecule has 2 nitrogen and oxygen atoms in total. The lowest BCUT2D eigenvalue weighted by atomic mass is 10.8. The molecule has 0 spiro atoms. The Balaban J connectivity index is 3.40. The maximum atomic E-state index is 10.3. The lowest BCUT2D eigenvalue weighted by Gasteiger charge is -1.93. The highest BCUT2D eigenvalue weighted by Gasteiger charge is 1.97. The van der Waals surface area contributed by atoms with Gasteiger partial charge in [0.1, 0.15) is 0 Å². The summed E-state index contributed by atoms with van der Waals surface area (Å²) >= 11 is 0. The van der Waals surface area contributed by atoms with Crippen molar-refractivity contribution in [2.45, 2.75) is 0 Å². The number of ether oxygens (including phenoxy) is 1. The SMILES string of the molecule is C=S(Cl)CC(=O)OC. The molecule has 4 heteroatoms. The van der Waals surface area contributed by atoms with Crippen molar-refractivity contribution in [1.29, 1.82) is 0 Å². The summed E-state index contributed by atoms with van der Waals surface area (Å²) in [4.78, 5) is 10.3. The molecule has 0 aromatic carbocycles. The van der Waals surface area contributed by atoms with Gasteiger partial charge in [0.05, 0.1) is 12.9 Å². The molecule has 0 heterocycles. The van der Waals surface area contributed by atoms with Gasteiger partial charge in [-0.15, -0.1) is 0 Å². The van der Waals surface area contributed by atoms with Gasteiger partial charge in [-0.2, -0.15) is 0 Å². The topological polar surface area (TPSA) is 26.3 Å². The Labute approximate surface area is 55.2 Å². The highest BCUT2D eigenvalue weighted by atomic mass is 35.7. The molecule has 0 aromatic heterocycles. The Morgan fingerprint density at radius 2 is 2.50 bits per heavy atom. The van der Waals surface area contributed by atoms with Crippen LogP contribution in [-0.4, -0.2) is 24.7 Å². The van der Waals surface area contributed by atoms with Crippen LogP contribution in [0.5, 0.6) is 0 Å². The maximum Gasteiger partial charge on any atom is 0.316 e. The van der Waals surface area contributed by atoms with Crippen LogP contribution in [0.25, 0.3) is 0 Å². The summed E-state index contributed by atoms with van der Waals surface area (Å²) in [5.74, 6) is 3.32. The highest BCUT2D eigenvalue weighted by Crippen LogP contribution is 2.13. The quantitative estimate of drug-likeness (QED) is 0.439. The van der Waals surface area contributed by atoms with Crippen LogP contribution in [0.15, 0.2) is 0 Å². The second kappa shape index (κ2) is 3.92. The molecule has 0 rings (SSSR count). The first-order valence-electron chi connectivity index (χ1n) is 1.90. The van der Waals surface area contributed by atoms with Crippen LogP contribution in [0.2, 0.25) is 0 Å². The molecule has 0 fully saturated rings. The molecule has 0 saturated heterocycles. The van der Waals surface area contributed by atoms with Crippen LogP contribution in [0, 0.1) is 0 Å². The number of carbonyl (C=O) groups excluding carboxylic acids is 1. The Hall–Kier alpha value is -0.0200. The largest absolute Gasteiger partial charge is 0.468 e. The number of esters is 1. The van der Waals surface area contributed by atoms with E-state index in [-0.39, 0.29) is 11.7 Å². The summed E-state index contributed by atoms with van der Waals surface area (Å²) < 4.78 is 4.30. The van der Waals surface area contributed by atoms with E-state index in [1.807, 2.05) is 0 Å². The molecule has 1 unspecified atom stereocenters. The molecule has 0 aliphatic rings. The summed E-state index contributed by atoms with van der Waals surface area (Å²) in [6, 6.07) is 0. The zero-order valence-electron chi connectivity index (χ0n) is 4.52. The second-order valence-electron chi connectivity index (χ2n) is 1.14. The van der Waals surface area contributed by atoms with Crippen molar-refractivity contribution in [3.05, 3.63) is 0 Å². The van der Waals surface area contributed by atoms with Crippen LogP contribution in [0.1, 0.15) is 0 Å². The number of rotatable bonds is 2. The molecule has 1 atom stereocenters. The summed E-state index contributed by atoms with van der Waals surface area (Å²) in [7, 11) is 6.09. The van der Waals surface area contributed by atoms with Crippen molar-refractivity contribution in [3.63, 3.8) is 0 Å². The Morgan fingerprint density at radius 1 is 2.00 bits per heavy atom. The van der Waals surface area contributed by atoms with Gasteiger partial charge in [-0.05, 0) is 0 Å². The summed E-state index contributed by atoms with van der Waals surface area (Å²) in [5, 5.41) is 0. The number of carbonyl (C=O) groups is 1. The molecule has 8 heavy (non-hydrogen) atoms. The molecule has 0 aliphatic heterocycles. The maximum absolute atomic E-state index is 10.3. The average Bonchev–Trinajstić information content (AvgIpc) is 1.65.